The summed E-state index contributed by atoms with van der Waals surface area (Å²) in [5.41, 5.74) is 0.427. The molecule has 0 aliphatic heterocycles. The molecule has 0 radical (unpaired) electrons. The number of aliphatic carboxylic acids is 2. The lowest BCUT2D eigenvalue weighted by molar-refractivity contribution is -0.145. The summed E-state index contributed by atoms with van der Waals surface area (Å²) in [5.74, 6) is -3.64. The minimum absolute atomic E-state index is 0.191. The Bertz CT molecular complexity index is 461. The maximum atomic E-state index is 10.9. The van der Waals surface area contributed by atoms with Crippen molar-refractivity contribution in [2.75, 3.05) is 0 Å². The van der Waals surface area contributed by atoms with E-state index in [4.69, 9.17) is 15.5 Å². The highest BCUT2D eigenvalue weighted by Gasteiger charge is 2.25. The molecule has 5 nitrogen and oxygen atoms in total. The predicted octanol–water partition coefficient (Wildman–Crippen LogP) is 1.20. The van der Waals surface area contributed by atoms with Crippen molar-refractivity contribution in [1.29, 1.82) is 5.26 Å². The average Bonchev–Trinajstić information content (AvgIpc) is 2.25. The van der Waals surface area contributed by atoms with Crippen LogP contribution in [0.15, 0.2) is 24.3 Å². The molecule has 0 saturated carbocycles. The monoisotopic (exact) mass is 219 g/mol. The maximum absolute atomic E-state index is 10.9. The van der Waals surface area contributed by atoms with Gasteiger partial charge in [0, 0.05) is 0 Å². The first-order valence-electron chi connectivity index (χ1n) is 4.50. The minimum atomic E-state index is -1.25. The van der Waals surface area contributed by atoms with E-state index < -0.39 is 24.3 Å². The molecule has 1 unspecified atom stereocenters. The van der Waals surface area contributed by atoms with Crippen molar-refractivity contribution in [3.05, 3.63) is 35.4 Å². The van der Waals surface area contributed by atoms with Crippen molar-refractivity contribution < 1.29 is 19.8 Å². The van der Waals surface area contributed by atoms with Gasteiger partial charge in [0.15, 0.2) is 0 Å². The summed E-state index contributed by atoms with van der Waals surface area (Å²) in [5, 5.41) is 26.3. The SMILES string of the molecule is N#Cc1ccccc1C(CC(=O)O)C(=O)O. The molecule has 1 atom stereocenters. The van der Waals surface area contributed by atoms with Crippen LogP contribution in [0, 0.1) is 11.3 Å². The van der Waals surface area contributed by atoms with E-state index in [1.807, 2.05) is 6.07 Å². The zero-order valence-corrected chi connectivity index (χ0v) is 8.25. The third-order valence-corrected chi connectivity index (χ3v) is 2.13. The van der Waals surface area contributed by atoms with Gasteiger partial charge in [-0.2, -0.15) is 5.26 Å². The molecule has 82 valence electrons. The van der Waals surface area contributed by atoms with Crippen molar-refractivity contribution in [2.45, 2.75) is 12.3 Å². The summed E-state index contributed by atoms with van der Waals surface area (Å²) in [4.78, 5) is 21.5. The van der Waals surface area contributed by atoms with E-state index in [1.54, 1.807) is 12.1 Å². The quantitative estimate of drug-likeness (QED) is 0.792. The number of nitrogens with zero attached hydrogens (tertiary/aromatic N) is 1. The molecule has 16 heavy (non-hydrogen) atoms. The minimum Gasteiger partial charge on any atom is -0.481 e. The second-order valence-corrected chi connectivity index (χ2v) is 3.19. The molecule has 1 aromatic rings. The molecule has 0 saturated heterocycles. The van der Waals surface area contributed by atoms with Gasteiger partial charge in [-0.05, 0) is 11.6 Å². The van der Waals surface area contributed by atoms with Crippen LogP contribution in [0.4, 0.5) is 0 Å². The van der Waals surface area contributed by atoms with Gasteiger partial charge in [0.1, 0.15) is 0 Å². The summed E-state index contributed by atoms with van der Waals surface area (Å²) in [6.45, 7) is 0. The van der Waals surface area contributed by atoms with Crippen molar-refractivity contribution in [3.63, 3.8) is 0 Å². The molecular weight excluding hydrogens is 210 g/mol. The molecular formula is C11H9NO4. The number of benzene rings is 1. The first-order chi connectivity index (χ1) is 7.56. The Kier molecular flexibility index (Phi) is 3.62. The smallest absolute Gasteiger partial charge is 0.311 e. The predicted molar refractivity (Wildman–Crippen MR) is 53.8 cm³/mol. The van der Waals surface area contributed by atoms with Crippen LogP contribution in [0.5, 0.6) is 0 Å². The van der Waals surface area contributed by atoms with Crippen LogP contribution in [-0.4, -0.2) is 22.2 Å². The fourth-order valence-electron chi connectivity index (χ4n) is 1.41. The van der Waals surface area contributed by atoms with Gasteiger partial charge in [0.05, 0.1) is 24.0 Å². The molecule has 0 amide bonds. The van der Waals surface area contributed by atoms with Gasteiger partial charge in [0.2, 0.25) is 0 Å². The fourth-order valence-corrected chi connectivity index (χ4v) is 1.41. The van der Waals surface area contributed by atoms with Crippen LogP contribution in [0.1, 0.15) is 23.5 Å². The highest BCUT2D eigenvalue weighted by atomic mass is 16.4. The van der Waals surface area contributed by atoms with Crippen molar-refractivity contribution in [3.8, 4) is 6.07 Å². The Hall–Kier alpha value is -2.35. The van der Waals surface area contributed by atoms with Crippen LogP contribution in [0.25, 0.3) is 0 Å². The third-order valence-electron chi connectivity index (χ3n) is 2.13. The van der Waals surface area contributed by atoms with Gasteiger partial charge in [-0.15, -0.1) is 0 Å². The van der Waals surface area contributed by atoms with Crippen LogP contribution < -0.4 is 0 Å². The van der Waals surface area contributed by atoms with Gasteiger partial charge in [-0.3, -0.25) is 9.59 Å². The highest BCUT2D eigenvalue weighted by molar-refractivity contribution is 5.83. The summed E-state index contributed by atoms with van der Waals surface area (Å²) in [6.07, 6.45) is -0.534. The van der Waals surface area contributed by atoms with Crippen molar-refractivity contribution in [1.82, 2.24) is 0 Å². The number of hydrogen-bond donors (Lipinski definition) is 2. The molecule has 0 aromatic heterocycles. The zero-order valence-electron chi connectivity index (χ0n) is 8.25. The van der Waals surface area contributed by atoms with E-state index in [2.05, 4.69) is 0 Å². The lowest BCUT2D eigenvalue weighted by Gasteiger charge is -2.11. The van der Waals surface area contributed by atoms with E-state index in [0.29, 0.717) is 0 Å². The van der Waals surface area contributed by atoms with Crippen molar-refractivity contribution in [2.24, 2.45) is 0 Å². The van der Waals surface area contributed by atoms with E-state index in [-0.39, 0.29) is 11.1 Å². The Morgan fingerprint density at radius 2 is 1.94 bits per heavy atom. The Balaban J connectivity index is 3.16. The van der Waals surface area contributed by atoms with E-state index >= 15 is 0 Å². The number of hydrogen-bond acceptors (Lipinski definition) is 3. The molecule has 0 bridgehead atoms. The normalized spacial score (nSPS) is 11.4. The van der Waals surface area contributed by atoms with Crippen LogP contribution >= 0.6 is 0 Å². The first-order valence-corrected chi connectivity index (χ1v) is 4.50. The number of carboxylic acid groups (broad SMARTS) is 2. The van der Waals surface area contributed by atoms with Gasteiger partial charge >= 0.3 is 11.9 Å². The van der Waals surface area contributed by atoms with E-state index in [0.717, 1.165) is 0 Å². The van der Waals surface area contributed by atoms with Gasteiger partial charge in [0.25, 0.3) is 0 Å². The molecule has 0 fully saturated rings. The van der Waals surface area contributed by atoms with E-state index in [9.17, 15) is 9.59 Å². The lowest BCUT2D eigenvalue weighted by atomic mass is 9.92. The van der Waals surface area contributed by atoms with Crippen LogP contribution in [-0.2, 0) is 9.59 Å². The summed E-state index contributed by atoms with van der Waals surface area (Å²) in [7, 11) is 0. The number of carbonyl (C=O) groups is 2. The fraction of sp³-hybridized carbons (Fsp3) is 0.182. The molecule has 0 aliphatic carbocycles. The molecule has 0 heterocycles. The first kappa shape index (κ1) is 11.7. The van der Waals surface area contributed by atoms with Crippen LogP contribution in [0.3, 0.4) is 0 Å². The molecule has 1 aromatic carbocycles. The number of nitriles is 1. The second-order valence-electron chi connectivity index (χ2n) is 3.19. The van der Waals surface area contributed by atoms with Crippen LogP contribution in [0.2, 0.25) is 0 Å². The number of carboxylic acids is 2. The third kappa shape index (κ3) is 2.58. The summed E-state index contributed by atoms with van der Waals surface area (Å²) < 4.78 is 0. The topological polar surface area (TPSA) is 98.4 Å². The molecule has 0 aliphatic rings. The van der Waals surface area contributed by atoms with E-state index in [1.165, 1.54) is 12.1 Å². The summed E-state index contributed by atoms with van der Waals surface area (Å²) in [6, 6.07) is 7.95. The van der Waals surface area contributed by atoms with Gasteiger partial charge in [-0.25, -0.2) is 0 Å². The van der Waals surface area contributed by atoms with Crippen molar-refractivity contribution >= 4 is 11.9 Å². The average molecular weight is 219 g/mol. The second kappa shape index (κ2) is 4.94. The zero-order chi connectivity index (χ0) is 12.1. The summed E-state index contributed by atoms with van der Waals surface area (Å²) >= 11 is 0. The molecule has 0 spiro atoms. The maximum Gasteiger partial charge on any atom is 0.311 e. The lowest BCUT2D eigenvalue weighted by Crippen LogP contribution is -2.16. The molecule has 1 rings (SSSR count). The molecule has 2 N–H and O–H groups in total. The highest BCUT2D eigenvalue weighted by Crippen LogP contribution is 2.23. The Labute approximate surface area is 91.6 Å². The number of rotatable bonds is 4. The van der Waals surface area contributed by atoms with Gasteiger partial charge in [-0.1, -0.05) is 18.2 Å². The van der Waals surface area contributed by atoms with Gasteiger partial charge < -0.3 is 10.2 Å². The largest absolute Gasteiger partial charge is 0.481 e. The standard InChI is InChI=1S/C11H9NO4/c12-6-7-3-1-2-4-8(7)9(11(15)16)5-10(13)14/h1-4,9H,5H2,(H,13,14)(H,15,16). The Morgan fingerprint density at radius 3 is 2.44 bits per heavy atom. The molecule has 5 heteroatoms. The Morgan fingerprint density at radius 1 is 1.31 bits per heavy atom.